The Kier molecular flexibility index (Phi) is 3.53. The van der Waals surface area contributed by atoms with Gasteiger partial charge in [0.25, 0.3) is 0 Å². The summed E-state index contributed by atoms with van der Waals surface area (Å²) < 4.78 is 0. The summed E-state index contributed by atoms with van der Waals surface area (Å²) in [6.07, 6.45) is 1.33. The standard InChI is InChI=1S/C16H24N4O/c1-10-8-20(9-11(2)19(10)3)15-7-14-12(6-13(15)17)4-5-16(21)18-14/h6-7,10-11H,4-5,8-9,17H2,1-3H3,(H,18,21). The van der Waals surface area contributed by atoms with Crippen molar-refractivity contribution in [3.05, 3.63) is 17.7 Å². The van der Waals surface area contributed by atoms with Crippen LogP contribution in [0.5, 0.6) is 0 Å². The molecular weight excluding hydrogens is 264 g/mol. The van der Waals surface area contributed by atoms with Crippen LogP contribution in [-0.2, 0) is 11.2 Å². The molecule has 0 bridgehead atoms. The number of nitrogens with one attached hydrogen (secondary N) is 1. The number of fused-ring (bicyclic) bond motifs is 1. The maximum atomic E-state index is 11.6. The molecule has 1 aromatic rings. The molecule has 0 radical (unpaired) electrons. The van der Waals surface area contributed by atoms with E-state index in [2.05, 4.69) is 36.0 Å². The van der Waals surface area contributed by atoms with E-state index in [9.17, 15) is 4.79 Å². The zero-order chi connectivity index (χ0) is 15.1. The smallest absolute Gasteiger partial charge is 0.224 e. The molecule has 5 nitrogen and oxygen atoms in total. The van der Waals surface area contributed by atoms with E-state index in [0.29, 0.717) is 18.5 Å². The normalized spacial score (nSPS) is 26.4. The van der Waals surface area contributed by atoms with Gasteiger partial charge >= 0.3 is 0 Å². The maximum absolute atomic E-state index is 11.6. The van der Waals surface area contributed by atoms with Crippen LogP contribution in [0.1, 0.15) is 25.8 Å². The first-order valence-corrected chi connectivity index (χ1v) is 7.65. The van der Waals surface area contributed by atoms with Crippen LogP contribution in [-0.4, -0.2) is 43.0 Å². The van der Waals surface area contributed by atoms with Crippen LogP contribution >= 0.6 is 0 Å². The second kappa shape index (κ2) is 5.22. The minimum absolute atomic E-state index is 0.0957. The van der Waals surface area contributed by atoms with E-state index in [0.717, 1.165) is 42.1 Å². The largest absolute Gasteiger partial charge is 0.397 e. The Balaban J connectivity index is 1.92. The van der Waals surface area contributed by atoms with Gasteiger partial charge in [-0.05, 0) is 45.0 Å². The van der Waals surface area contributed by atoms with Crippen LogP contribution < -0.4 is 16.0 Å². The zero-order valence-electron chi connectivity index (χ0n) is 13.0. The maximum Gasteiger partial charge on any atom is 0.224 e. The number of hydrogen-bond acceptors (Lipinski definition) is 4. The van der Waals surface area contributed by atoms with Gasteiger partial charge in [0.2, 0.25) is 5.91 Å². The predicted octanol–water partition coefficient (Wildman–Crippen LogP) is 1.68. The molecule has 3 N–H and O–H groups in total. The summed E-state index contributed by atoms with van der Waals surface area (Å²) in [7, 11) is 2.17. The molecule has 5 heteroatoms. The van der Waals surface area contributed by atoms with Crippen molar-refractivity contribution in [2.75, 3.05) is 36.1 Å². The lowest BCUT2D eigenvalue weighted by Gasteiger charge is -2.44. The number of rotatable bonds is 1. The van der Waals surface area contributed by atoms with E-state index < -0.39 is 0 Å². The van der Waals surface area contributed by atoms with Crippen molar-refractivity contribution >= 4 is 23.0 Å². The second-order valence-electron chi connectivity index (χ2n) is 6.38. The first kappa shape index (κ1) is 14.2. The molecule has 21 heavy (non-hydrogen) atoms. The summed E-state index contributed by atoms with van der Waals surface area (Å²) in [4.78, 5) is 16.3. The van der Waals surface area contributed by atoms with Gasteiger partial charge in [0.05, 0.1) is 11.4 Å². The number of nitrogen functional groups attached to an aromatic ring is 1. The third kappa shape index (κ3) is 2.58. The van der Waals surface area contributed by atoms with Crippen molar-refractivity contribution in [1.82, 2.24) is 4.90 Å². The lowest BCUT2D eigenvalue weighted by atomic mass is 10.00. The highest BCUT2D eigenvalue weighted by molar-refractivity contribution is 5.95. The van der Waals surface area contributed by atoms with Crippen LogP contribution in [0, 0.1) is 0 Å². The van der Waals surface area contributed by atoms with Gasteiger partial charge in [-0.3, -0.25) is 9.69 Å². The van der Waals surface area contributed by atoms with Gasteiger partial charge in [0.15, 0.2) is 0 Å². The summed E-state index contributed by atoms with van der Waals surface area (Å²) in [6, 6.07) is 5.04. The molecule has 0 aromatic heterocycles. The lowest BCUT2D eigenvalue weighted by molar-refractivity contribution is -0.116. The quantitative estimate of drug-likeness (QED) is 0.772. The molecule has 114 valence electrons. The van der Waals surface area contributed by atoms with Crippen LogP contribution in [0.15, 0.2) is 12.1 Å². The van der Waals surface area contributed by atoms with Gasteiger partial charge in [-0.2, -0.15) is 0 Å². The summed E-state index contributed by atoms with van der Waals surface area (Å²) in [5.41, 5.74) is 10.2. The third-order valence-electron chi connectivity index (χ3n) is 4.85. The number of nitrogens with two attached hydrogens (primary N) is 1. The van der Waals surface area contributed by atoms with Gasteiger partial charge in [-0.15, -0.1) is 0 Å². The Morgan fingerprint density at radius 3 is 2.52 bits per heavy atom. The number of nitrogens with zero attached hydrogens (tertiary/aromatic N) is 2. The van der Waals surface area contributed by atoms with E-state index >= 15 is 0 Å². The predicted molar refractivity (Wildman–Crippen MR) is 86.7 cm³/mol. The van der Waals surface area contributed by atoms with Crippen LogP contribution in [0.4, 0.5) is 17.1 Å². The van der Waals surface area contributed by atoms with Crippen molar-refractivity contribution < 1.29 is 4.79 Å². The molecular formula is C16H24N4O. The van der Waals surface area contributed by atoms with Crippen molar-refractivity contribution in [2.24, 2.45) is 0 Å². The van der Waals surface area contributed by atoms with E-state index in [4.69, 9.17) is 5.73 Å². The van der Waals surface area contributed by atoms with Crippen LogP contribution in [0.3, 0.4) is 0 Å². The highest BCUT2D eigenvalue weighted by atomic mass is 16.1. The molecule has 2 atom stereocenters. The zero-order valence-corrected chi connectivity index (χ0v) is 13.0. The first-order chi connectivity index (χ1) is 9.95. The number of carbonyl (C=O) groups excluding carboxylic acids is 1. The van der Waals surface area contributed by atoms with Crippen molar-refractivity contribution in [2.45, 2.75) is 38.8 Å². The van der Waals surface area contributed by atoms with Gasteiger partial charge in [0.1, 0.15) is 0 Å². The number of piperazine rings is 1. The summed E-state index contributed by atoms with van der Waals surface area (Å²) in [6.45, 7) is 6.38. The third-order valence-corrected chi connectivity index (χ3v) is 4.85. The number of anilines is 3. The van der Waals surface area contributed by atoms with Gasteiger partial charge in [0, 0.05) is 37.3 Å². The fourth-order valence-corrected chi connectivity index (χ4v) is 3.31. The molecule has 3 rings (SSSR count). The number of likely N-dealkylation sites (N-methyl/N-ethyl adjacent to an activating group) is 1. The number of hydrogen-bond donors (Lipinski definition) is 2. The molecule has 1 amide bonds. The number of carbonyl (C=O) groups is 1. The molecule has 0 aliphatic carbocycles. The van der Waals surface area contributed by atoms with Crippen molar-refractivity contribution in [3.63, 3.8) is 0 Å². The number of aryl methyl sites for hydroxylation is 1. The van der Waals surface area contributed by atoms with E-state index in [1.54, 1.807) is 0 Å². The van der Waals surface area contributed by atoms with Crippen LogP contribution in [0.2, 0.25) is 0 Å². The fourth-order valence-electron chi connectivity index (χ4n) is 3.31. The Labute approximate surface area is 126 Å². The molecule has 1 fully saturated rings. The lowest BCUT2D eigenvalue weighted by Crippen LogP contribution is -2.55. The summed E-state index contributed by atoms with van der Waals surface area (Å²) in [5, 5.41) is 2.97. The van der Waals surface area contributed by atoms with Gasteiger partial charge in [-0.25, -0.2) is 0 Å². The minimum Gasteiger partial charge on any atom is -0.397 e. The molecule has 2 aliphatic heterocycles. The molecule has 1 saturated heterocycles. The monoisotopic (exact) mass is 288 g/mol. The Morgan fingerprint density at radius 2 is 1.86 bits per heavy atom. The average molecular weight is 288 g/mol. The Morgan fingerprint density at radius 1 is 1.19 bits per heavy atom. The van der Waals surface area contributed by atoms with E-state index in [1.807, 2.05) is 12.1 Å². The number of amides is 1. The molecule has 2 aliphatic rings. The fraction of sp³-hybridized carbons (Fsp3) is 0.562. The second-order valence-corrected chi connectivity index (χ2v) is 6.38. The molecule has 2 heterocycles. The Hall–Kier alpha value is -1.75. The number of benzene rings is 1. The summed E-state index contributed by atoms with van der Waals surface area (Å²) in [5.74, 6) is 0.0957. The van der Waals surface area contributed by atoms with Gasteiger partial charge < -0.3 is 16.0 Å². The van der Waals surface area contributed by atoms with E-state index in [1.165, 1.54) is 0 Å². The van der Waals surface area contributed by atoms with Gasteiger partial charge in [-0.1, -0.05) is 0 Å². The van der Waals surface area contributed by atoms with Crippen molar-refractivity contribution in [1.29, 1.82) is 0 Å². The Bertz CT molecular complexity index is 560. The minimum atomic E-state index is 0.0957. The highest BCUT2D eigenvalue weighted by Crippen LogP contribution is 2.34. The van der Waals surface area contributed by atoms with Crippen molar-refractivity contribution in [3.8, 4) is 0 Å². The molecule has 1 aromatic carbocycles. The highest BCUT2D eigenvalue weighted by Gasteiger charge is 2.28. The first-order valence-electron chi connectivity index (χ1n) is 7.65. The van der Waals surface area contributed by atoms with Crippen LogP contribution in [0.25, 0.3) is 0 Å². The SMILES string of the molecule is CC1CN(c2cc3c(cc2N)CCC(=O)N3)CC(C)N1C. The van der Waals surface area contributed by atoms with E-state index in [-0.39, 0.29) is 5.91 Å². The average Bonchev–Trinajstić information content (AvgIpc) is 2.44. The summed E-state index contributed by atoms with van der Waals surface area (Å²) >= 11 is 0. The topological polar surface area (TPSA) is 61.6 Å². The molecule has 2 unspecified atom stereocenters. The molecule has 0 saturated carbocycles. The molecule has 0 spiro atoms.